The molecule has 3 rings (SSSR count). The average molecular weight is 290 g/mol. The third-order valence-electron chi connectivity index (χ3n) is 4.58. The minimum absolute atomic E-state index is 0.189. The van der Waals surface area contributed by atoms with Crippen LogP contribution in [0.2, 0.25) is 0 Å². The predicted octanol–water partition coefficient (Wildman–Crippen LogP) is 2.15. The Kier molecular flexibility index (Phi) is 3.35. The van der Waals surface area contributed by atoms with E-state index in [1.807, 2.05) is 24.3 Å². The first-order valence-electron chi connectivity index (χ1n) is 7.43. The van der Waals surface area contributed by atoms with Gasteiger partial charge in [0.1, 0.15) is 5.75 Å². The first kappa shape index (κ1) is 14.9. The summed E-state index contributed by atoms with van der Waals surface area (Å²) < 4.78 is 23.2. The first-order valence-corrected chi connectivity index (χ1v) is 7.43. The Morgan fingerprint density at radius 2 is 1.43 bits per heavy atom. The van der Waals surface area contributed by atoms with Crippen LogP contribution in [0.15, 0.2) is 24.3 Å². The molecule has 21 heavy (non-hydrogen) atoms. The number of benzene rings is 1. The van der Waals surface area contributed by atoms with E-state index in [2.05, 4.69) is 34.6 Å². The number of rotatable bonds is 3. The summed E-state index contributed by atoms with van der Waals surface area (Å²) in [5, 5.41) is 0. The van der Waals surface area contributed by atoms with E-state index < -0.39 is 0 Å². The standard InChI is InChI=1S/C16H23BO4/c1-14(2)15(3,4)21-17(20-14)12-6-8-13(9-7-12)19-16(5)10-18-11-16/h6-9H,10-11H2,1-5H3. The van der Waals surface area contributed by atoms with Crippen LogP contribution in [0.5, 0.6) is 5.75 Å². The molecule has 114 valence electrons. The van der Waals surface area contributed by atoms with E-state index in [4.69, 9.17) is 18.8 Å². The van der Waals surface area contributed by atoms with Crippen molar-refractivity contribution in [2.75, 3.05) is 13.2 Å². The van der Waals surface area contributed by atoms with Crippen LogP contribution < -0.4 is 10.2 Å². The summed E-state index contributed by atoms with van der Waals surface area (Å²) in [5.74, 6) is 0.848. The third kappa shape index (κ3) is 2.70. The highest BCUT2D eigenvalue weighted by molar-refractivity contribution is 6.62. The highest BCUT2D eigenvalue weighted by Crippen LogP contribution is 2.36. The van der Waals surface area contributed by atoms with Gasteiger partial charge in [-0.05, 0) is 52.2 Å². The van der Waals surface area contributed by atoms with Crippen LogP contribution in [-0.4, -0.2) is 37.1 Å². The predicted molar refractivity (Wildman–Crippen MR) is 82.0 cm³/mol. The zero-order valence-electron chi connectivity index (χ0n) is 13.4. The van der Waals surface area contributed by atoms with Crippen molar-refractivity contribution < 1.29 is 18.8 Å². The summed E-state index contributed by atoms with van der Waals surface area (Å²) in [6, 6.07) is 7.93. The quantitative estimate of drug-likeness (QED) is 0.799. The molecule has 0 aromatic heterocycles. The highest BCUT2D eigenvalue weighted by atomic mass is 16.7. The fraction of sp³-hybridized carbons (Fsp3) is 0.625. The van der Waals surface area contributed by atoms with Crippen LogP contribution >= 0.6 is 0 Å². The van der Waals surface area contributed by atoms with Gasteiger partial charge >= 0.3 is 7.12 Å². The summed E-state index contributed by atoms with van der Waals surface area (Å²) in [5.41, 5.74) is 0.190. The van der Waals surface area contributed by atoms with E-state index in [0.29, 0.717) is 13.2 Å². The second kappa shape index (κ2) is 4.73. The zero-order valence-corrected chi connectivity index (χ0v) is 13.4. The molecule has 2 aliphatic heterocycles. The van der Waals surface area contributed by atoms with Crippen molar-refractivity contribution in [2.24, 2.45) is 0 Å². The Morgan fingerprint density at radius 3 is 1.86 bits per heavy atom. The van der Waals surface area contributed by atoms with Gasteiger partial charge in [0.2, 0.25) is 0 Å². The molecule has 0 spiro atoms. The van der Waals surface area contributed by atoms with Crippen molar-refractivity contribution in [1.29, 1.82) is 0 Å². The minimum Gasteiger partial charge on any atom is -0.483 e. The molecule has 0 bridgehead atoms. The maximum atomic E-state index is 6.04. The lowest BCUT2D eigenvalue weighted by Crippen LogP contribution is -2.51. The zero-order chi connectivity index (χ0) is 15.3. The van der Waals surface area contributed by atoms with Crippen molar-refractivity contribution in [3.05, 3.63) is 24.3 Å². The molecule has 2 saturated heterocycles. The molecule has 2 aliphatic rings. The van der Waals surface area contributed by atoms with Gasteiger partial charge in [-0.2, -0.15) is 0 Å². The molecular formula is C16H23BO4. The van der Waals surface area contributed by atoms with Gasteiger partial charge < -0.3 is 18.8 Å². The van der Waals surface area contributed by atoms with Crippen molar-refractivity contribution in [2.45, 2.75) is 51.4 Å². The van der Waals surface area contributed by atoms with Crippen LogP contribution in [0.4, 0.5) is 0 Å². The molecule has 0 aliphatic carbocycles. The molecule has 4 nitrogen and oxygen atoms in total. The van der Waals surface area contributed by atoms with Gasteiger partial charge in [0.05, 0.1) is 24.4 Å². The topological polar surface area (TPSA) is 36.9 Å². The molecule has 1 aromatic rings. The van der Waals surface area contributed by atoms with Gasteiger partial charge in [0, 0.05) is 0 Å². The normalized spacial score (nSPS) is 25.5. The summed E-state index contributed by atoms with van der Waals surface area (Å²) in [6.07, 6.45) is 0. The van der Waals surface area contributed by atoms with Crippen molar-refractivity contribution in [3.63, 3.8) is 0 Å². The van der Waals surface area contributed by atoms with Gasteiger partial charge in [-0.1, -0.05) is 12.1 Å². The lowest BCUT2D eigenvalue weighted by molar-refractivity contribution is -0.149. The Morgan fingerprint density at radius 1 is 0.905 bits per heavy atom. The lowest BCUT2D eigenvalue weighted by atomic mass is 9.79. The smallest absolute Gasteiger partial charge is 0.483 e. The molecule has 0 radical (unpaired) electrons. The van der Waals surface area contributed by atoms with Crippen molar-refractivity contribution in [1.82, 2.24) is 0 Å². The Hall–Kier alpha value is -1.04. The lowest BCUT2D eigenvalue weighted by Gasteiger charge is -2.38. The van der Waals surface area contributed by atoms with Crippen LogP contribution in [0.1, 0.15) is 34.6 Å². The van der Waals surface area contributed by atoms with Gasteiger partial charge in [0.15, 0.2) is 5.60 Å². The van der Waals surface area contributed by atoms with Gasteiger partial charge in [-0.3, -0.25) is 0 Å². The van der Waals surface area contributed by atoms with Gasteiger partial charge in [0.25, 0.3) is 0 Å². The first-order chi connectivity index (χ1) is 9.71. The second-order valence-electron chi connectivity index (χ2n) is 7.20. The van der Waals surface area contributed by atoms with Crippen molar-refractivity contribution in [3.8, 4) is 5.75 Å². The molecule has 2 fully saturated rings. The van der Waals surface area contributed by atoms with E-state index in [0.717, 1.165) is 11.2 Å². The molecule has 1 aromatic carbocycles. The molecule has 0 saturated carbocycles. The van der Waals surface area contributed by atoms with E-state index in [1.54, 1.807) is 0 Å². The summed E-state index contributed by atoms with van der Waals surface area (Å²) >= 11 is 0. The monoisotopic (exact) mass is 290 g/mol. The van der Waals surface area contributed by atoms with Crippen molar-refractivity contribution >= 4 is 12.6 Å². The Bertz CT molecular complexity index is 504. The number of hydrogen-bond acceptors (Lipinski definition) is 4. The minimum atomic E-state index is -0.327. The SMILES string of the molecule is CC1(Oc2ccc(B3OC(C)(C)C(C)(C)O3)cc2)COC1. The highest BCUT2D eigenvalue weighted by Gasteiger charge is 2.51. The molecule has 0 atom stereocenters. The summed E-state index contributed by atoms with van der Waals surface area (Å²) in [7, 11) is -0.327. The van der Waals surface area contributed by atoms with Crippen LogP contribution in [0.25, 0.3) is 0 Å². The molecule has 0 N–H and O–H groups in total. The molecular weight excluding hydrogens is 267 g/mol. The largest absolute Gasteiger partial charge is 0.494 e. The molecule has 2 heterocycles. The Labute approximate surface area is 126 Å². The van der Waals surface area contributed by atoms with Crippen LogP contribution in [-0.2, 0) is 14.0 Å². The second-order valence-corrected chi connectivity index (χ2v) is 7.20. The fourth-order valence-electron chi connectivity index (χ4n) is 2.41. The maximum absolute atomic E-state index is 6.04. The molecule has 0 unspecified atom stereocenters. The molecule has 0 amide bonds. The van der Waals surface area contributed by atoms with E-state index in [-0.39, 0.29) is 23.9 Å². The van der Waals surface area contributed by atoms with E-state index >= 15 is 0 Å². The van der Waals surface area contributed by atoms with E-state index in [9.17, 15) is 0 Å². The van der Waals surface area contributed by atoms with E-state index in [1.165, 1.54) is 0 Å². The summed E-state index contributed by atoms with van der Waals surface area (Å²) in [6.45, 7) is 11.6. The number of hydrogen-bond donors (Lipinski definition) is 0. The van der Waals surface area contributed by atoms with Gasteiger partial charge in [-0.15, -0.1) is 0 Å². The summed E-state index contributed by atoms with van der Waals surface area (Å²) in [4.78, 5) is 0. The maximum Gasteiger partial charge on any atom is 0.494 e. The molecule has 5 heteroatoms. The number of ether oxygens (including phenoxy) is 2. The van der Waals surface area contributed by atoms with Crippen LogP contribution in [0.3, 0.4) is 0 Å². The average Bonchev–Trinajstić information content (AvgIpc) is 2.57. The van der Waals surface area contributed by atoms with Crippen LogP contribution in [0, 0.1) is 0 Å². The van der Waals surface area contributed by atoms with Gasteiger partial charge in [-0.25, -0.2) is 0 Å². The third-order valence-corrected chi connectivity index (χ3v) is 4.58. The fourth-order valence-corrected chi connectivity index (χ4v) is 2.41. The Balaban J connectivity index is 1.70.